The molecule has 0 aliphatic carbocycles. The molecule has 6 heteroatoms. The summed E-state index contributed by atoms with van der Waals surface area (Å²) in [6.45, 7) is 9.94. The fraction of sp³-hybridized carbons (Fsp3) is 0.692. The SMILES string of the molecule is CCC(C)N(C)C(=O)c1sc(N(CC)CC)nc1N. The maximum absolute atomic E-state index is 12.4. The second-order valence-corrected chi connectivity index (χ2v) is 5.53. The zero-order chi connectivity index (χ0) is 14.6. The van der Waals surface area contributed by atoms with E-state index in [0.717, 1.165) is 24.6 Å². The second-order valence-electron chi connectivity index (χ2n) is 4.56. The predicted octanol–water partition coefficient (Wildman–Crippen LogP) is 2.44. The summed E-state index contributed by atoms with van der Waals surface area (Å²) in [5, 5.41) is 0.823. The smallest absolute Gasteiger partial charge is 0.267 e. The summed E-state index contributed by atoms with van der Waals surface area (Å²) in [4.78, 5) is 21.1. The summed E-state index contributed by atoms with van der Waals surface area (Å²) < 4.78 is 0. The van der Waals surface area contributed by atoms with Gasteiger partial charge in [-0.25, -0.2) is 4.98 Å². The molecule has 2 N–H and O–H groups in total. The highest BCUT2D eigenvalue weighted by molar-refractivity contribution is 7.18. The van der Waals surface area contributed by atoms with Gasteiger partial charge in [0.15, 0.2) is 5.13 Å². The molecule has 1 rings (SSSR count). The molecule has 1 unspecified atom stereocenters. The highest BCUT2D eigenvalue weighted by atomic mass is 32.1. The van der Waals surface area contributed by atoms with Crippen LogP contribution in [0, 0.1) is 0 Å². The normalized spacial score (nSPS) is 12.3. The Kier molecular flexibility index (Phi) is 5.60. The molecule has 1 atom stereocenters. The van der Waals surface area contributed by atoms with Crippen LogP contribution in [0.1, 0.15) is 43.8 Å². The summed E-state index contributed by atoms with van der Waals surface area (Å²) in [5.41, 5.74) is 5.89. The average molecular weight is 284 g/mol. The standard InChI is InChI=1S/C13H24N4OS/c1-6-9(4)16(5)12(18)10-11(14)15-13(19-10)17(7-2)8-3/h9H,6-8,14H2,1-5H3. The highest BCUT2D eigenvalue weighted by Gasteiger charge is 2.23. The van der Waals surface area contributed by atoms with Crippen LogP contribution in [-0.4, -0.2) is 42.0 Å². The molecule has 1 amide bonds. The van der Waals surface area contributed by atoms with Crippen molar-refractivity contribution in [2.24, 2.45) is 0 Å². The van der Waals surface area contributed by atoms with Crippen LogP contribution < -0.4 is 10.6 Å². The predicted molar refractivity (Wildman–Crippen MR) is 81.9 cm³/mol. The molecular formula is C13H24N4OS. The molecule has 0 spiro atoms. The van der Waals surface area contributed by atoms with Crippen LogP contribution in [0.15, 0.2) is 0 Å². The third kappa shape index (κ3) is 3.37. The molecule has 1 heterocycles. The Bertz CT molecular complexity index is 428. The summed E-state index contributed by atoms with van der Waals surface area (Å²) in [7, 11) is 1.81. The van der Waals surface area contributed by atoms with Crippen LogP contribution in [-0.2, 0) is 0 Å². The first-order valence-electron chi connectivity index (χ1n) is 6.74. The van der Waals surface area contributed by atoms with Crippen molar-refractivity contribution in [2.45, 2.75) is 40.2 Å². The van der Waals surface area contributed by atoms with Crippen molar-refractivity contribution in [1.82, 2.24) is 9.88 Å². The topological polar surface area (TPSA) is 62.5 Å². The van der Waals surface area contributed by atoms with Crippen molar-refractivity contribution in [3.8, 4) is 0 Å². The minimum atomic E-state index is -0.0391. The number of carbonyl (C=O) groups is 1. The van der Waals surface area contributed by atoms with E-state index >= 15 is 0 Å². The molecule has 0 radical (unpaired) electrons. The number of nitrogens with zero attached hydrogens (tertiary/aromatic N) is 3. The van der Waals surface area contributed by atoms with E-state index < -0.39 is 0 Å². The number of hydrogen-bond donors (Lipinski definition) is 1. The maximum atomic E-state index is 12.4. The first-order chi connectivity index (χ1) is 8.96. The summed E-state index contributed by atoms with van der Waals surface area (Å²) in [6, 6.07) is 0.200. The maximum Gasteiger partial charge on any atom is 0.267 e. The fourth-order valence-electron chi connectivity index (χ4n) is 1.74. The molecule has 0 aliphatic heterocycles. The van der Waals surface area contributed by atoms with Crippen LogP contribution in [0.4, 0.5) is 10.9 Å². The molecule has 108 valence electrons. The number of nitrogens with two attached hydrogens (primary N) is 1. The first kappa shape index (κ1) is 15.8. The lowest BCUT2D eigenvalue weighted by Crippen LogP contribution is -2.34. The largest absolute Gasteiger partial charge is 0.382 e. The molecule has 0 bridgehead atoms. The summed E-state index contributed by atoms with van der Waals surface area (Å²) in [6.07, 6.45) is 0.920. The molecule has 0 saturated carbocycles. The van der Waals surface area contributed by atoms with E-state index in [9.17, 15) is 4.79 Å². The Hall–Kier alpha value is -1.30. The number of anilines is 2. The van der Waals surface area contributed by atoms with Crippen LogP contribution in [0.5, 0.6) is 0 Å². The van der Waals surface area contributed by atoms with Gasteiger partial charge in [-0.15, -0.1) is 0 Å². The van der Waals surface area contributed by atoms with Crippen molar-refractivity contribution in [3.63, 3.8) is 0 Å². The summed E-state index contributed by atoms with van der Waals surface area (Å²) in [5.74, 6) is 0.301. The van der Waals surface area contributed by atoms with Crippen molar-refractivity contribution < 1.29 is 4.79 Å². The van der Waals surface area contributed by atoms with Crippen LogP contribution >= 0.6 is 11.3 Å². The van der Waals surface area contributed by atoms with Crippen molar-refractivity contribution >= 4 is 28.2 Å². The van der Waals surface area contributed by atoms with Gasteiger partial charge in [0.2, 0.25) is 0 Å². The average Bonchev–Trinajstić information content (AvgIpc) is 2.79. The third-order valence-corrected chi connectivity index (χ3v) is 4.56. The number of carbonyl (C=O) groups excluding carboxylic acids is 1. The zero-order valence-electron chi connectivity index (χ0n) is 12.4. The fourth-order valence-corrected chi connectivity index (χ4v) is 2.83. The number of amides is 1. The Morgan fingerprint density at radius 2 is 1.95 bits per heavy atom. The van der Waals surface area contributed by atoms with Gasteiger partial charge in [-0.05, 0) is 27.2 Å². The lowest BCUT2D eigenvalue weighted by Gasteiger charge is -2.23. The molecule has 0 aliphatic rings. The summed E-state index contributed by atoms with van der Waals surface area (Å²) >= 11 is 1.38. The minimum Gasteiger partial charge on any atom is -0.382 e. The molecule has 0 saturated heterocycles. The van der Waals surface area contributed by atoms with E-state index in [0.29, 0.717) is 10.7 Å². The van der Waals surface area contributed by atoms with Crippen molar-refractivity contribution in [1.29, 1.82) is 0 Å². The molecular weight excluding hydrogens is 260 g/mol. The monoisotopic (exact) mass is 284 g/mol. The van der Waals surface area contributed by atoms with Gasteiger partial charge in [-0.2, -0.15) is 0 Å². The molecule has 0 fully saturated rings. The second kappa shape index (κ2) is 6.75. The zero-order valence-corrected chi connectivity index (χ0v) is 13.3. The number of hydrogen-bond acceptors (Lipinski definition) is 5. The molecule has 19 heavy (non-hydrogen) atoms. The Morgan fingerprint density at radius 1 is 1.37 bits per heavy atom. The quantitative estimate of drug-likeness (QED) is 0.871. The Labute approximate surface area is 119 Å². The van der Waals surface area contributed by atoms with Gasteiger partial charge < -0.3 is 15.5 Å². The van der Waals surface area contributed by atoms with E-state index in [1.807, 2.05) is 14.0 Å². The van der Waals surface area contributed by atoms with E-state index in [2.05, 4.69) is 30.7 Å². The van der Waals surface area contributed by atoms with Gasteiger partial charge in [0, 0.05) is 26.2 Å². The molecule has 5 nitrogen and oxygen atoms in total. The number of aromatic nitrogens is 1. The van der Waals surface area contributed by atoms with Gasteiger partial charge in [0.05, 0.1) is 0 Å². The molecule has 1 aromatic heterocycles. The third-order valence-electron chi connectivity index (χ3n) is 3.44. The highest BCUT2D eigenvalue weighted by Crippen LogP contribution is 2.29. The van der Waals surface area contributed by atoms with Gasteiger partial charge in [-0.1, -0.05) is 18.3 Å². The minimum absolute atomic E-state index is 0.0391. The van der Waals surface area contributed by atoms with Crippen LogP contribution in [0.25, 0.3) is 0 Å². The van der Waals surface area contributed by atoms with Crippen molar-refractivity contribution in [3.05, 3.63) is 4.88 Å². The molecule has 1 aromatic rings. The van der Waals surface area contributed by atoms with Crippen molar-refractivity contribution in [2.75, 3.05) is 30.8 Å². The Morgan fingerprint density at radius 3 is 2.42 bits per heavy atom. The van der Waals surface area contributed by atoms with E-state index in [1.54, 1.807) is 4.90 Å². The van der Waals surface area contributed by atoms with E-state index in [1.165, 1.54) is 11.3 Å². The van der Waals surface area contributed by atoms with E-state index in [4.69, 9.17) is 5.73 Å². The van der Waals surface area contributed by atoms with Gasteiger partial charge in [0.1, 0.15) is 10.7 Å². The number of nitrogen functional groups attached to an aromatic ring is 1. The lowest BCUT2D eigenvalue weighted by molar-refractivity contribution is 0.0746. The van der Waals surface area contributed by atoms with Crippen LogP contribution in [0.2, 0.25) is 0 Å². The molecule has 0 aromatic carbocycles. The van der Waals surface area contributed by atoms with Crippen LogP contribution in [0.3, 0.4) is 0 Å². The van der Waals surface area contributed by atoms with Gasteiger partial charge >= 0.3 is 0 Å². The number of rotatable bonds is 6. The van der Waals surface area contributed by atoms with Gasteiger partial charge in [0.25, 0.3) is 5.91 Å². The van der Waals surface area contributed by atoms with Gasteiger partial charge in [-0.3, -0.25) is 4.79 Å². The van der Waals surface area contributed by atoms with E-state index in [-0.39, 0.29) is 11.9 Å². The number of thiazole rings is 1. The first-order valence-corrected chi connectivity index (χ1v) is 7.56. The lowest BCUT2D eigenvalue weighted by atomic mass is 10.2. The Balaban J connectivity index is 2.98.